The quantitative estimate of drug-likeness (QED) is 0.385. The zero-order chi connectivity index (χ0) is 13.5. The highest BCUT2D eigenvalue weighted by Crippen LogP contribution is 2.27. The smallest absolute Gasteiger partial charge is 0.354 e. The third kappa shape index (κ3) is 3.70. The molecule has 1 unspecified atom stereocenters. The molecule has 1 atom stereocenters. The van der Waals surface area contributed by atoms with Gasteiger partial charge in [0.1, 0.15) is 6.33 Å². The molecule has 1 aromatic rings. The summed E-state index contributed by atoms with van der Waals surface area (Å²) in [5.74, 6) is 5.35. The highest BCUT2D eigenvalue weighted by molar-refractivity contribution is 7.99. The maximum Gasteiger partial charge on any atom is 0.354 e. The van der Waals surface area contributed by atoms with E-state index in [1.54, 1.807) is 11.8 Å². The third-order valence-electron chi connectivity index (χ3n) is 2.39. The van der Waals surface area contributed by atoms with Crippen molar-refractivity contribution in [1.82, 2.24) is 9.97 Å². The second kappa shape index (κ2) is 6.97. The third-order valence-corrected chi connectivity index (χ3v) is 3.43. The van der Waals surface area contributed by atoms with E-state index in [0.717, 1.165) is 6.42 Å². The van der Waals surface area contributed by atoms with Gasteiger partial charge >= 0.3 is 5.69 Å². The Morgan fingerprint density at radius 3 is 2.78 bits per heavy atom. The van der Waals surface area contributed by atoms with Crippen molar-refractivity contribution < 1.29 is 4.92 Å². The molecule has 0 amide bonds. The number of hydrogen-bond acceptors (Lipinski definition) is 8. The summed E-state index contributed by atoms with van der Waals surface area (Å²) in [6.07, 6.45) is 4.13. The second-order valence-electron chi connectivity index (χ2n) is 3.58. The first-order valence-corrected chi connectivity index (χ1v) is 6.61. The van der Waals surface area contributed by atoms with E-state index >= 15 is 0 Å². The Balaban J connectivity index is 2.78. The Hall–Kier alpha value is -1.61. The maximum atomic E-state index is 10.9. The molecule has 18 heavy (non-hydrogen) atoms. The first-order valence-electron chi connectivity index (χ1n) is 5.32. The van der Waals surface area contributed by atoms with Crippen LogP contribution in [-0.4, -0.2) is 32.9 Å². The molecule has 1 rings (SSSR count). The average Bonchev–Trinajstić information content (AvgIpc) is 2.37. The molecule has 0 saturated carbocycles. The van der Waals surface area contributed by atoms with Gasteiger partial charge in [-0.3, -0.25) is 10.1 Å². The Kier molecular flexibility index (Phi) is 5.59. The van der Waals surface area contributed by atoms with Crippen molar-refractivity contribution >= 4 is 29.1 Å². The Morgan fingerprint density at radius 2 is 2.22 bits per heavy atom. The predicted octanol–water partition coefficient (Wildman–Crippen LogP) is 1.22. The fourth-order valence-electron chi connectivity index (χ4n) is 1.30. The minimum atomic E-state index is -0.560. The van der Waals surface area contributed by atoms with Crippen molar-refractivity contribution in [2.75, 3.05) is 23.5 Å². The van der Waals surface area contributed by atoms with Crippen LogP contribution in [0, 0.1) is 10.1 Å². The first-order chi connectivity index (χ1) is 8.60. The van der Waals surface area contributed by atoms with Gasteiger partial charge in [-0.2, -0.15) is 11.8 Å². The molecule has 0 radical (unpaired) electrons. The van der Waals surface area contributed by atoms with Gasteiger partial charge in [0.2, 0.25) is 11.6 Å². The lowest BCUT2D eigenvalue weighted by Crippen LogP contribution is -2.15. The predicted molar refractivity (Wildman–Crippen MR) is 72.6 cm³/mol. The number of nitrogen functional groups attached to an aromatic ring is 1. The standard InChI is InChI=1S/C9H16N6O2S/c1-6(18-2)3-4-11-8-7(15(16)17)9(14-10)13-5-12-8/h5-6H,3-4,10H2,1-2H3,(H2,11,12,13,14). The topological polar surface area (TPSA) is 119 Å². The summed E-state index contributed by atoms with van der Waals surface area (Å²) in [5, 5.41) is 14.4. The van der Waals surface area contributed by atoms with Gasteiger partial charge < -0.3 is 10.7 Å². The zero-order valence-electron chi connectivity index (χ0n) is 10.2. The van der Waals surface area contributed by atoms with Crippen molar-refractivity contribution in [2.45, 2.75) is 18.6 Å². The summed E-state index contributed by atoms with van der Waals surface area (Å²) in [4.78, 5) is 18.0. The lowest BCUT2D eigenvalue weighted by atomic mass is 10.3. The van der Waals surface area contributed by atoms with E-state index in [-0.39, 0.29) is 17.3 Å². The Morgan fingerprint density at radius 1 is 1.56 bits per heavy atom. The Labute approximate surface area is 109 Å². The summed E-state index contributed by atoms with van der Waals surface area (Å²) >= 11 is 1.74. The molecular weight excluding hydrogens is 256 g/mol. The van der Waals surface area contributed by atoms with Crippen LogP contribution >= 0.6 is 11.8 Å². The molecule has 4 N–H and O–H groups in total. The molecule has 0 saturated heterocycles. The SMILES string of the molecule is CSC(C)CCNc1ncnc(NN)c1[N+](=O)[O-]. The molecule has 0 aromatic carbocycles. The number of thioether (sulfide) groups is 1. The van der Waals surface area contributed by atoms with E-state index in [2.05, 4.69) is 27.6 Å². The van der Waals surface area contributed by atoms with Crippen LogP contribution in [0.4, 0.5) is 17.3 Å². The highest BCUT2D eigenvalue weighted by Gasteiger charge is 2.21. The highest BCUT2D eigenvalue weighted by atomic mass is 32.2. The molecule has 0 aliphatic carbocycles. The number of anilines is 2. The monoisotopic (exact) mass is 272 g/mol. The average molecular weight is 272 g/mol. The van der Waals surface area contributed by atoms with E-state index in [4.69, 9.17) is 5.84 Å². The maximum absolute atomic E-state index is 10.9. The van der Waals surface area contributed by atoms with Crippen LogP contribution in [0.3, 0.4) is 0 Å². The van der Waals surface area contributed by atoms with Gasteiger partial charge in [0.25, 0.3) is 0 Å². The summed E-state index contributed by atoms with van der Waals surface area (Å²) in [5.41, 5.74) is 1.95. The molecule has 0 spiro atoms. The second-order valence-corrected chi connectivity index (χ2v) is 4.86. The number of aromatic nitrogens is 2. The van der Waals surface area contributed by atoms with E-state index in [1.807, 2.05) is 6.26 Å². The lowest BCUT2D eigenvalue weighted by molar-refractivity contribution is -0.383. The fraction of sp³-hybridized carbons (Fsp3) is 0.556. The number of nitro groups is 1. The van der Waals surface area contributed by atoms with Gasteiger partial charge in [-0.25, -0.2) is 15.8 Å². The van der Waals surface area contributed by atoms with E-state index in [9.17, 15) is 10.1 Å². The van der Waals surface area contributed by atoms with E-state index in [1.165, 1.54) is 6.33 Å². The number of rotatable bonds is 7. The summed E-state index contributed by atoms with van der Waals surface area (Å²) < 4.78 is 0. The molecule has 0 fully saturated rings. The number of nitrogens with one attached hydrogen (secondary N) is 2. The van der Waals surface area contributed by atoms with Gasteiger partial charge in [0, 0.05) is 11.8 Å². The number of nitrogens with two attached hydrogens (primary N) is 1. The van der Waals surface area contributed by atoms with Crippen LogP contribution in [0.1, 0.15) is 13.3 Å². The molecule has 0 aliphatic heterocycles. The van der Waals surface area contributed by atoms with Crippen molar-refractivity contribution in [1.29, 1.82) is 0 Å². The Bertz CT molecular complexity index is 416. The number of hydrazine groups is 1. The van der Waals surface area contributed by atoms with E-state index < -0.39 is 4.92 Å². The molecule has 9 heteroatoms. The molecule has 0 aliphatic rings. The van der Waals surface area contributed by atoms with Crippen LogP contribution in [0.25, 0.3) is 0 Å². The number of nitrogens with zero attached hydrogens (tertiary/aromatic N) is 3. The van der Waals surface area contributed by atoms with E-state index in [0.29, 0.717) is 11.8 Å². The number of hydrogen-bond donors (Lipinski definition) is 3. The van der Waals surface area contributed by atoms with Gasteiger partial charge in [0.15, 0.2) is 0 Å². The minimum absolute atomic E-state index is 0.00425. The molecule has 0 bridgehead atoms. The van der Waals surface area contributed by atoms with Crippen LogP contribution < -0.4 is 16.6 Å². The normalized spacial score (nSPS) is 11.9. The van der Waals surface area contributed by atoms with Crippen LogP contribution in [0.5, 0.6) is 0 Å². The lowest BCUT2D eigenvalue weighted by Gasteiger charge is -2.10. The van der Waals surface area contributed by atoms with Gasteiger partial charge in [-0.15, -0.1) is 0 Å². The largest absolute Gasteiger partial charge is 0.364 e. The molecule has 100 valence electrons. The summed E-state index contributed by atoms with van der Waals surface area (Å²) in [7, 11) is 0. The van der Waals surface area contributed by atoms with Crippen LogP contribution in [0.15, 0.2) is 6.33 Å². The van der Waals surface area contributed by atoms with Crippen molar-refractivity contribution in [3.05, 3.63) is 16.4 Å². The van der Waals surface area contributed by atoms with Gasteiger partial charge in [0.05, 0.1) is 4.92 Å². The summed E-state index contributed by atoms with van der Waals surface area (Å²) in [6.45, 7) is 2.69. The zero-order valence-corrected chi connectivity index (χ0v) is 11.0. The van der Waals surface area contributed by atoms with Crippen molar-refractivity contribution in [3.63, 3.8) is 0 Å². The van der Waals surface area contributed by atoms with Gasteiger partial charge in [-0.1, -0.05) is 6.92 Å². The molecule has 1 heterocycles. The minimum Gasteiger partial charge on any atom is -0.364 e. The van der Waals surface area contributed by atoms with Crippen LogP contribution in [-0.2, 0) is 0 Å². The van der Waals surface area contributed by atoms with Gasteiger partial charge in [-0.05, 0) is 12.7 Å². The molecule has 1 aromatic heterocycles. The molecule has 8 nitrogen and oxygen atoms in total. The summed E-state index contributed by atoms with van der Waals surface area (Å²) in [6, 6.07) is 0. The van der Waals surface area contributed by atoms with Crippen molar-refractivity contribution in [2.24, 2.45) is 5.84 Å². The molecular formula is C9H16N6O2S. The van der Waals surface area contributed by atoms with Crippen molar-refractivity contribution in [3.8, 4) is 0 Å². The fourth-order valence-corrected chi connectivity index (χ4v) is 1.65. The van der Waals surface area contributed by atoms with Crippen LogP contribution in [0.2, 0.25) is 0 Å². The first kappa shape index (κ1) is 14.5.